The van der Waals surface area contributed by atoms with Crippen LogP contribution in [0.25, 0.3) is 0 Å². The van der Waals surface area contributed by atoms with Gasteiger partial charge in [0.1, 0.15) is 0 Å². The van der Waals surface area contributed by atoms with Crippen LogP contribution in [0.5, 0.6) is 0 Å². The smallest absolute Gasteiger partial charge is 0.211 e. The van der Waals surface area contributed by atoms with Gasteiger partial charge in [0.15, 0.2) is 0 Å². The van der Waals surface area contributed by atoms with Crippen molar-refractivity contribution in [3.63, 3.8) is 0 Å². The first kappa shape index (κ1) is 13.3. The van der Waals surface area contributed by atoms with Crippen LogP contribution in [-0.4, -0.2) is 56.1 Å². The molecule has 4 nitrogen and oxygen atoms in total. The standard InChI is InChI=1S/C12H24N2O2S/c1-11-4-3-5-12(10-11)13-6-8-14(9-7-13)17(2,15)16/h11-12H,3-10H2,1-2H3/t11-,12-/m0/s1. The minimum absolute atomic E-state index is 0.670. The first-order valence-corrected chi connectivity index (χ1v) is 8.51. The Hall–Kier alpha value is -0.130. The van der Waals surface area contributed by atoms with Crippen molar-refractivity contribution in [3.8, 4) is 0 Å². The molecule has 1 saturated carbocycles. The quantitative estimate of drug-likeness (QED) is 0.747. The van der Waals surface area contributed by atoms with Gasteiger partial charge in [-0.1, -0.05) is 19.8 Å². The van der Waals surface area contributed by atoms with Gasteiger partial charge in [0.05, 0.1) is 6.26 Å². The molecule has 5 heteroatoms. The molecule has 17 heavy (non-hydrogen) atoms. The van der Waals surface area contributed by atoms with Crippen LogP contribution >= 0.6 is 0 Å². The molecule has 2 aliphatic rings. The minimum atomic E-state index is -2.98. The van der Waals surface area contributed by atoms with E-state index in [4.69, 9.17) is 0 Å². The maximum absolute atomic E-state index is 11.4. The third kappa shape index (κ3) is 3.42. The summed E-state index contributed by atoms with van der Waals surface area (Å²) in [6.45, 7) is 5.49. The molecule has 0 aromatic heterocycles. The van der Waals surface area contributed by atoms with E-state index in [1.807, 2.05) is 0 Å². The van der Waals surface area contributed by atoms with E-state index in [1.165, 1.54) is 31.9 Å². The second-order valence-electron chi connectivity index (χ2n) is 5.62. The molecule has 1 heterocycles. The van der Waals surface area contributed by atoms with E-state index in [9.17, 15) is 8.42 Å². The summed E-state index contributed by atoms with van der Waals surface area (Å²) in [7, 11) is -2.98. The molecule has 2 fully saturated rings. The zero-order valence-electron chi connectivity index (χ0n) is 10.9. The van der Waals surface area contributed by atoms with Crippen molar-refractivity contribution in [1.29, 1.82) is 0 Å². The van der Waals surface area contributed by atoms with E-state index in [-0.39, 0.29) is 0 Å². The predicted octanol–water partition coefficient (Wildman–Crippen LogP) is 1.14. The van der Waals surface area contributed by atoms with Gasteiger partial charge in [0.25, 0.3) is 0 Å². The van der Waals surface area contributed by atoms with Gasteiger partial charge in [-0.15, -0.1) is 0 Å². The summed E-state index contributed by atoms with van der Waals surface area (Å²) in [5.41, 5.74) is 0. The number of hydrogen-bond donors (Lipinski definition) is 0. The minimum Gasteiger partial charge on any atom is -0.298 e. The van der Waals surface area contributed by atoms with E-state index in [2.05, 4.69) is 11.8 Å². The molecule has 1 aliphatic carbocycles. The van der Waals surface area contributed by atoms with Crippen molar-refractivity contribution in [3.05, 3.63) is 0 Å². The Morgan fingerprint density at radius 2 is 1.71 bits per heavy atom. The van der Waals surface area contributed by atoms with Gasteiger partial charge in [0.2, 0.25) is 10.0 Å². The number of rotatable bonds is 2. The molecule has 1 aliphatic heterocycles. The molecule has 1 saturated heterocycles. The molecule has 0 bridgehead atoms. The predicted molar refractivity (Wildman–Crippen MR) is 69.4 cm³/mol. The molecule has 0 radical (unpaired) electrons. The van der Waals surface area contributed by atoms with Crippen LogP contribution in [0.15, 0.2) is 0 Å². The third-order valence-electron chi connectivity index (χ3n) is 4.17. The average Bonchev–Trinajstić information content (AvgIpc) is 2.28. The zero-order chi connectivity index (χ0) is 12.5. The van der Waals surface area contributed by atoms with E-state index in [0.29, 0.717) is 19.1 Å². The van der Waals surface area contributed by atoms with Gasteiger partial charge < -0.3 is 0 Å². The maximum atomic E-state index is 11.4. The van der Waals surface area contributed by atoms with Crippen LogP contribution in [-0.2, 0) is 10.0 Å². The number of nitrogens with zero attached hydrogens (tertiary/aromatic N) is 2. The molecule has 2 rings (SSSR count). The largest absolute Gasteiger partial charge is 0.298 e. The Bertz CT molecular complexity index is 348. The SMILES string of the molecule is C[C@H]1CCC[C@H](N2CCN(S(C)(=O)=O)CC2)C1. The molecule has 0 aromatic carbocycles. The highest BCUT2D eigenvalue weighted by molar-refractivity contribution is 7.88. The van der Waals surface area contributed by atoms with Crippen LogP contribution < -0.4 is 0 Å². The van der Waals surface area contributed by atoms with Crippen LogP contribution in [0.3, 0.4) is 0 Å². The Labute approximate surface area is 105 Å². The number of piperazine rings is 1. The van der Waals surface area contributed by atoms with Gasteiger partial charge in [-0.25, -0.2) is 8.42 Å². The third-order valence-corrected chi connectivity index (χ3v) is 5.47. The summed E-state index contributed by atoms with van der Waals surface area (Å²) in [5.74, 6) is 0.835. The fraction of sp³-hybridized carbons (Fsp3) is 1.00. The summed E-state index contributed by atoms with van der Waals surface area (Å²) in [4.78, 5) is 2.50. The van der Waals surface area contributed by atoms with E-state index < -0.39 is 10.0 Å². The van der Waals surface area contributed by atoms with Crippen LogP contribution in [0.4, 0.5) is 0 Å². The monoisotopic (exact) mass is 260 g/mol. The lowest BCUT2D eigenvalue weighted by Gasteiger charge is -2.41. The van der Waals surface area contributed by atoms with E-state index in [0.717, 1.165) is 19.0 Å². The fourth-order valence-corrected chi connectivity index (χ4v) is 3.96. The van der Waals surface area contributed by atoms with Crippen molar-refractivity contribution in [2.24, 2.45) is 5.92 Å². The van der Waals surface area contributed by atoms with Crippen LogP contribution in [0.2, 0.25) is 0 Å². The van der Waals surface area contributed by atoms with E-state index >= 15 is 0 Å². The summed E-state index contributed by atoms with van der Waals surface area (Å²) < 4.78 is 24.5. The normalized spacial score (nSPS) is 33.8. The number of sulfonamides is 1. The lowest BCUT2D eigenvalue weighted by atomic mass is 9.86. The lowest BCUT2D eigenvalue weighted by molar-refractivity contribution is 0.0969. The number of hydrogen-bond acceptors (Lipinski definition) is 3. The topological polar surface area (TPSA) is 40.6 Å². The Morgan fingerprint density at radius 3 is 2.24 bits per heavy atom. The Morgan fingerprint density at radius 1 is 1.06 bits per heavy atom. The van der Waals surface area contributed by atoms with Crippen molar-refractivity contribution in [2.45, 2.75) is 38.6 Å². The molecular weight excluding hydrogens is 236 g/mol. The summed E-state index contributed by atoms with van der Waals surface area (Å²) in [6.07, 6.45) is 6.59. The van der Waals surface area contributed by atoms with Gasteiger partial charge in [-0.2, -0.15) is 4.31 Å². The second kappa shape index (κ2) is 5.24. The van der Waals surface area contributed by atoms with Gasteiger partial charge in [-0.3, -0.25) is 4.90 Å². The molecule has 0 amide bonds. The van der Waals surface area contributed by atoms with Crippen molar-refractivity contribution < 1.29 is 8.42 Å². The molecule has 0 unspecified atom stereocenters. The van der Waals surface area contributed by atoms with Crippen LogP contribution in [0.1, 0.15) is 32.6 Å². The molecular formula is C12H24N2O2S. The van der Waals surface area contributed by atoms with Gasteiger partial charge in [0, 0.05) is 32.2 Å². The molecule has 2 atom stereocenters. The van der Waals surface area contributed by atoms with Gasteiger partial charge >= 0.3 is 0 Å². The summed E-state index contributed by atoms with van der Waals surface area (Å²) in [5, 5.41) is 0. The summed E-state index contributed by atoms with van der Waals surface area (Å²) in [6, 6.07) is 0.695. The Kier molecular flexibility index (Phi) is 4.10. The lowest BCUT2D eigenvalue weighted by Crippen LogP contribution is -2.52. The zero-order valence-corrected chi connectivity index (χ0v) is 11.7. The first-order valence-electron chi connectivity index (χ1n) is 6.66. The second-order valence-corrected chi connectivity index (χ2v) is 7.61. The highest BCUT2D eigenvalue weighted by Crippen LogP contribution is 2.28. The molecule has 0 aromatic rings. The van der Waals surface area contributed by atoms with Gasteiger partial charge in [-0.05, 0) is 18.8 Å². The Balaban J connectivity index is 1.86. The maximum Gasteiger partial charge on any atom is 0.211 e. The highest BCUT2D eigenvalue weighted by atomic mass is 32.2. The van der Waals surface area contributed by atoms with Crippen LogP contribution in [0, 0.1) is 5.92 Å². The van der Waals surface area contributed by atoms with E-state index in [1.54, 1.807) is 4.31 Å². The molecule has 0 spiro atoms. The fourth-order valence-electron chi connectivity index (χ4n) is 3.13. The van der Waals surface area contributed by atoms with Crippen molar-refractivity contribution in [2.75, 3.05) is 32.4 Å². The molecule has 0 N–H and O–H groups in total. The van der Waals surface area contributed by atoms with Crippen molar-refractivity contribution >= 4 is 10.0 Å². The first-order chi connectivity index (χ1) is 7.97. The highest BCUT2D eigenvalue weighted by Gasteiger charge is 2.29. The van der Waals surface area contributed by atoms with Crippen molar-refractivity contribution in [1.82, 2.24) is 9.21 Å². The molecule has 100 valence electrons. The average molecular weight is 260 g/mol. The summed E-state index contributed by atoms with van der Waals surface area (Å²) >= 11 is 0.